The standard InChI is InChI=1S/C13H19NO/c14-9-12-7-6-11(8-13(12)15)10-4-2-1-3-5-10/h1-5,11-13,15H,6-9,14H2. The molecule has 2 nitrogen and oxygen atoms in total. The number of hydrogen-bond acceptors (Lipinski definition) is 2. The third-order valence-electron chi connectivity index (χ3n) is 3.53. The molecule has 0 radical (unpaired) electrons. The number of rotatable bonds is 2. The molecule has 1 aliphatic rings. The molecule has 0 amide bonds. The van der Waals surface area contributed by atoms with E-state index in [1.54, 1.807) is 0 Å². The van der Waals surface area contributed by atoms with Gasteiger partial charge in [-0.3, -0.25) is 0 Å². The normalized spacial score (nSPS) is 31.5. The van der Waals surface area contributed by atoms with Crippen LogP contribution in [-0.2, 0) is 0 Å². The summed E-state index contributed by atoms with van der Waals surface area (Å²) in [7, 11) is 0. The maximum atomic E-state index is 9.92. The summed E-state index contributed by atoms with van der Waals surface area (Å²) < 4.78 is 0. The fraction of sp³-hybridized carbons (Fsp3) is 0.538. The summed E-state index contributed by atoms with van der Waals surface area (Å²) in [6.45, 7) is 0.614. The minimum Gasteiger partial charge on any atom is -0.393 e. The van der Waals surface area contributed by atoms with Crippen molar-refractivity contribution in [3.8, 4) is 0 Å². The lowest BCUT2D eigenvalue weighted by atomic mass is 9.77. The molecular weight excluding hydrogens is 186 g/mol. The van der Waals surface area contributed by atoms with Gasteiger partial charge in [-0.2, -0.15) is 0 Å². The molecule has 3 unspecified atom stereocenters. The van der Waals surface area contributed by atoms with Crippen LogP contribution < -0.4 is 5.73 Å². The first-order valence-corrected chi connectivity index (χ1v) is 5.74. The van der Waals surface area contributed by atoms with Crippen molar-refractivity contribution in [2.24, 2.45) is 11.7 Å². The molecule has 1 aromatic carbocycles. The van der Waals surface area contributed by atoms with Crippen molar-refractivity contribution in [2.75, 3.05) is 6.54 Å². The Kier molecular flexibility index (Phi) is 3.39. The molecule has 1 aromatic rings. The van der Waals surface area contributed by atoms with Crippen LogP contribution in [0, 0.1) is 5.92 Å². The van der Waals surface area contributed by atoms with Gasteiger partial charge in [0, 0.05) is 0 Å². The zero-order valence-electron chi connectivity index (χ0n) is 8.97. The van der Waals surface area contributed by atoms with Gasteiger partial charge >= 0.3 is 0 Å². The lowest BCUT2D eigenvalue weighted by Gasteiger charge is -2.32. The van der Waals surface area contributed by atoms with Crippen LogP contribution in [0.25, 0.3) is 0 Å². The van der Waals surface area contributed by atoms with Gasteiger partial charge in [0.2, 0.25) is 0 Å². The van der Waals surface area contributed by atoms with Crippen molar-refractivity contribution >= 4 is 0 Å². The quantitative estimate of drug-likeness (QED) is 0.774. The van der Waals surface area contributed by atoms with Gasteiger partial charge in [0.05, 0.1) is 6.10 Å². The Hall–Kier alpha value is -0.860. The predicted octanol–water partition coefficient (Wildman–Crippen LogP) is 1.89. The van der Waals surface area contributed by atoms with E-state index < -0.39 is 0 Å². The van der Waals surface area contributed by atoms with Crippen LogP contribution in [-0.4, -0.2) is 17.8 Å². The van der Waals surface area contributed by atoms with E-state index in [2.05, 4.69) is 24.3 Å². The van der Waals surface area contributed by atoms with Crippen LogP contribution in [0.1, 0.15) is 30.7 Å². The number of hydrogen-bond donors (Lipinski definition) is 2. The van der Waals surface area contributed by atoms with E-state index in [1.165, 1.54) is 5.56 Å². The van der Waals surface area contributed by atoms with E-state index >= 15 is 0 Å². The van der Waals surface area contributed by atoms with Crippen molar-refractivity contribution in [1.29, 1.82) is 0 Å². The van der Waals surface area contributed by atoms with Gasteiger partial charge in [0.25, 0.3) is 0 Å². The summed E-state index contributed by atoms with van der Waals surface area (Å²) in [4.78, 5) is 0. The molecule has 2 heteroatoms. The molecule has 0 aliphatic heterocycles. The van der Waals surface area contributed by atoms with Crippen LogP contribution in [0.2, 0.25) is 0 Å². The maximum Gasteiger partial charge on any atom is 0.0586 e. The maximum absolute atomic E-state index is 9.92. The summed E-state index contributed by atoms with van der Waals surface area (Å²) in [5.41, 5.74) is 6.97. The summed E-state index contributed by atoms with van der Waals surface area (Å²) in [5.74, 6) is 0.828. The number of aliphatic hydroxyl groups is 1. The van der Waals surface area contributed by atoms with Crippen molar-refractivity contribution in [3.05, 3.63) is 35.9 Å². The molecule has 2 rings (SSSR count). The Balaban J connectivity index is 2.03. The molecule has 0 spiro atoms. The number of benzene rings is 1. The van der Waals surface area contributed by atoms with E-state index in [0.717, 1.165) is 19.3 Å². The summed E-state index contributed by atoms with van der Waals surface area (Å²) in [6, 6.07) is 10.5. The molecule has 82 valence electrons. The van der Waals surface area contributed by atoms with Crippen LogP contribution in [0.15, 0.2) is 30.3 Å². The van der Waals surface area contributed by atoms with E-state index in [4.69, 9.17) is 5.73 Å². The molecule has 1 aliphatic carbocycles. The molecule has 0 bridgehead atoms. The SMILES string of the molecule is NCC1CCC(c2ccccc2)CC1O. The van der Waals surface area contributed by atoms with Crippen molar-refractivity contribution in [1.82, 2.24) is 0 Å². The molecular formula is C13H19NO. The van der Waals surface area contributed by atoms with Gasteiger partial charge in [-0.15, -0.1) is 0 Å². The minimum atomic E-state index is -0.214. The van der Waals surface area contributed by atoms with Crippen LogP contribution in [0.5, 0.6) is 0 Å². The van der Waals surface area contributed by atoms with Gasteiger partial charge in [-0.05, 0) is 43.2 Å². The summed E-state index contributed by atoms with van der Waals surface area (Å²) in [5, 5.41) is 9.92. The Morgan fingerprint density at radius 3 is 2.53 bits per heavy atom. The van der Waals surface area contributed by atoms with E-state index in [1.807, 2.05) is 6.07 Å². The smallest absolute Gasteiger partial charge is 0.0586 e. The third-order valence-corrected chi connectivity index (χ3v) is 3.53. The van der Waals surface area contributed by atoms with Gasteiger partial charge in [0.15, 0.2) is 0 Å². The van der Waals surface area contributed by atoms with Gasteiger partial charge in [-0.1, -0.05) is 30.3 Å². The van der Waals surface area contributed by atoms with Crippen molar-refractivity contribution in [2.45, 2.75) is 31.3 Å². The zero-order valence-corrected chi connectivity index (χ0v) is 8.97. The number of nitrogens with two attached hydrogens (primary N) is 1. The van der Waals surface area contributed by atoms with Gasteiger partial charge < -0.3 is 10.8 Å². The zero-order chi connectivity index (χ0) is 10.7. The first-order chi connectivity index (χ1) is 7.31. The molecule has 0 heterocycles. The molecule has 15 heavy (non-hydrogen) atoms. The minimum absolute atomic E-state index is 0.214. The molecule has 0 saturated heterocycles. The fourth-order valence-electron chi connectivity index (χ4n) is 2.51. The van der Waals surface area contributed by atoms with Gasteiger partial charge in [-0.25, -0.2) is 0 Å². The highest BCUT2D eigenvalue weighted by Gasteiger charge is 2.28. The van der Waals surface area contributed by atoms with Crippen molar-refractivity contribution < 1.29 is 5.11 Å². The van der Waals surface area contributed by atoms with Crippen LogP contribution >= 0.6 is 0 Å². The third kappa shape index (κ3) is 2.39. The highest BCUT2D eigenvalue weighted by atomic mass is 16.3. The first-order valence-electron chi connectivity index (χ1n) is 5.74. The largest absolute Gasteiger partial charge is 0.393 e. The monoisotopic (exact) mass is 205 g/mol. The molecule has 0 aromatic heterocycles. The average Bonchev–Trinajstić information content (AvgIpc) is 2.30. The lowest BCUT2D eigenvalue weighted by Crippen LogP contribution is -2.33. The average molecular weight is 205 g/mol. The highest BCUT2D eigenvalue weighted by molar-refractivity contribution is 5.20. The van der Waals surface area contributed by atoms with Crippen LogP contribution in [0.4, 0.5) is 0 Å². The molecule has 1 fully saturated rings. The van der Waals surface area contributed by atoms with Crippen molar-refractivity contribution in [3.63, 3.8) is 0 Å². The summed E-state index contributed by atoms with van der Waals surface area (Å²) >= 11 is 0. The molecule has 3 atom stereocenters. The topological polar surface area (TPSA) is 46.2 Å². The second kappa shape index (κ2) is 4.77. The van der Waals surface area contributed by atoms with E-state index in [9.17, 15) is 5.11 Å². The Morgan fingerprint density at radius 1 is 1.20 bits per heavy atom. The summed E-state index contributed by atoms with van der Waals surface area (Å²) in [6.07, 6.45) is 2.86. The van der Waals surface area contributed by atoms with Crippen LogP contribution in [0.3, 0.4) is 0 Å². The lowest BCUT2D eigenvalue weighted by molar-refractivity contribution is 0.0647. The predicted molar refractivity (Wildman–Crippen MR) is 61.6 cm³/mol. The molecule has 1 saturated carbocycles. The molecule has 3 N–H and O–H groups in total. The Bertz CT molecular complexity index is 299. The second-order valence-corrected chi connectivity index (χ2v) is 4.48. The fourth-order valence-corrected chi connectivity index (χ4v) is 2.51. The number of aliphatic hydroxyl groups excluding tert-OH is 1. The first kappa shape index (κ1) is 10.7. The Morgan fingerprint density at radius 2 is 1.93 bits per heavy atom. The van der Waals surface area contributed by atoms with E-state index in [-0.39, 0.29) is 6.10 Å². The highest BCUT2D eigenvalue weighted by Crippen LogP contribution is 2.35. The van der Waals surface area contributed by atoms with E-state index in [0.29, 0.717) is 18.4 Å². The van der Waals surface area contributed by atoms with Gasteiger partial charge in [0.1, 0.15) is 0 Å². The second-order valence-electron chi connectivity index (χ2n) is 4.48. The Labute approximate surface area is 91.1 Å².